The molecule has 266 valence electrons. The highest BCUT2D eigenvalue weighted by Gasteiger charge is 2.66. The summed E-state index contributed by atoms with van der Waals surface area (Å²) >= 11 is 10.7. The fourth-order valence-corrected chi connectivity index (χ4v) is 7.63. The average molecular weight is 717 g/mol. The van der Waals surface area contributed by atoms with Crippen LogP contribution in [0.25, 0.3) is 0 Å². The van der Waals surface area contributed by atoms with E-state index in [1.165, 1.54) is 43.5 Å². The zero-order valence-electron chi connectivity index (χ0n) is 27.6. The second kappa shape index (κ2) is 18.0. The van der Waals surface area contributed by atoms with E-state index in [0.29, 0.717) is 54.2 Å². The Bertz CT molecular complexity index is 1340. The first-order valence-electron chi connectivity index (χ1n) is 17.2. The van der Waals surface area contributed by atoms with E-state index in [2.05, 4.69) is 38.8 Å². The van der Waals surface area contributed by atoms with E-state index in [-0.39, 0.29) is 53.8 Å². The number of fused-ring (bicyclic) bond motifs is 5. The lowest BCUT2D eigenvalue weighted by Crippen LogP contribution is -2.53. The Kier molecular flexibility index (Phi) is 13.5. The van der Waals surface area contributed by atoms with Gasteiger partial charge in [0, 0.05) is 49.4 Å². The number of amides is 2. The van der Waals surface area contributed by atoms with Crippen LogP contribution in [0.2, 0.25) is 0 Å². The van der Waals surface area contributed by atoms with Gasteiger partial charge in [-0.2, -0.15) is 0 Å². The first kappa shape index (κ1) is 36.8. The standard InChI is InChI=1S/C35H46F2N6O4S2/c1-2-3-4-5-6-7-27-46-30-25-20-26(31(30)47-27)29(33(45)39-17-19-41-35(49)43-24-14-10-22(37)11-15-24)28(25)32(44)38-16-18-40-34(48)42-23-12-8-21(36)9-13-23/h8-15,25-31H,2-7,16-20H2,1H3,(H,38,44)(H,39,45)(H2,40,42,48)(H2,41,43,49). The zero-order valence-corrected chi connectivity index (χ0v) is 29.3. The normalized spacial score (nSPS) is 24.9. The monoisotopic (exact) mass is 716 g/mol. The number of nitrogens with one attached hydrogen (secondary N) is 6. The lowest BCUT2D eigenvalue weighted by atomic mass is 9.75. The number of rotatable bonds is 16. The van der Waals surface area contributed by atoms with E-state index >= 15 is 0 Å². The molecule has 6 atom stereocenters. The summed E-state index contributed by atoms with van der Waals surface area (Å²) in [7, 11) is 0. The number of halogens is 2. The third-order valence-electron chi connectivity index (χ3n) is 9.41. The minimum absolute atomic E-state index is 0.129. The van der Waals surface area contributed by atoms with Gasteiger partial charge in [-0.25, -0.2) is 8.78 Å². The summed E-state index contributed by atoms with van der Waals surface area (Å²) in [6.07, 6.45) is 6.48. The molecule has 0 radical (unpaired) electrons. The van der Waals surface area contributed by atoms with Gasteiger partial charge in [0.05, 0.1) is 24.0 Å². The van der Waals surface area contributed by atoms with E-state index in [0.717, 1.165) is 19.3 Å². The molecule has 2 amide bonds. The largest absolute Gasteiger partial charge is 0.361 e. The molecule has 6 unspecified atom stereocenters. The van der Waals surface area contributed by atoms with Crippen LogP contribution in [0.4, 0.5) is 20.2 Å². The minimum atomic E-state index is -0.559. The Morgan fingerprint density at radius 3 is 1.55 bits per heavy atom. The van der Waals surface area contributed by atoms with Crippen LogP contribution in [0.1, 0.15) is 51.9 Å². The lowest BCUT2D eigenvalue weighted by molar-refractivity contribution is -0.140. The number of thiocarbonyl (C=S) groups is 2. The highest BCUT2D eigenvalue weighted by Crippen LogP contribution is 2.57. The van der Waals surface area contributed by atoms with Crippen LogP contribution in [0.3, 0.4) is 0 Å². The van der Waals surface area contributed by atoms with Crippen molar-refractivity contribution in [3.05, 3.63) is 60.2 Å². The van der Waals surface area contributed by atoms with Crippen molar-refractivity contribution in [2.45, 2.75) is 70.4 Å². The van der Waals surface area contributed by atoms with Crippen molar-refractivity contribution in [3.8, 4) is 0 Å². The topological polar surface area (TPSA) is 125 Å². The van der Waals surface area contributed by atoms with Gasteiger partial charge in [-0.1, -0.05) is 32.6 Å². The predicted octanol–water partition coefficient (Wildman–Crippen LogP) is 4.82. The minimum Gasteiger partial charge on any atom is -0.361 e. The van der Waals surface area contributed by atoms with E-state index in [1.807, 2.05) is 0 Å². The third-order valence-corrected chi connectivity index (χ3v) is 9.90. The third kappa shape index (κ3) is 10.1. The summed E-state index contributed by atoms with van der Waals surface area (Å²) in [5.74, 6) is -2.44. The molecule has 2 bridgehead atoms. The van der Waals surface area contributed by atoms with E-state index < -0.39 is 11.8 Å². The van der Waals surface area contributed by atoms with Gasteiger partial charge < -0.3 is 41.4 Å². The van der Waals surface area contributed by atoms with Crippen LogP contribution in [-0.2, 0) is 19.1 Å². The van der Waals surface area contributed by atoms with Gasteiger partial charge >= 0.3 is 0 Å². The molecule has 0 spiro atoms. The van der Waals surface area contributed by atoms with Crippen molar-refractivity contribution >= 4 is 57.8 Å². The molecule has 14 heteroatoms. The maximum atomic E-state index is 13.7. The van der Waals surface area contributed by atoms with Gasteiger partial charge in [-0.3, -0.25) is 9.59 Å². The fourth-order valence-electron chi connectivity index (χ4n) is 7.19. The molecular formula is C35H46F2N6O4S2. The molecule has 1 aliphatic heterocycles. The molecule has 0 aromatic heterocycles. The number of carbonyl (C=O) groups is 2. The van der Waals surface area contributed by atoms with Crippen LogP contribution >= 0.6 is 24.4 Å². The molecule has 2 saturated carbocycles. The van der Waals surface area contributed by atoms with Crippen LogP contribution in [0.15, 0.2) is 48.5 Å². The molecule has 2 aromatic carbocycles. The molecule has 5 rings (SSSR count). The average Bonchev–Trinajstić information content (AvgIpc) is 3.78. The fraction of sp³-hybridized carbons (Fsp3) is 0.543. The molecule has 49 heavy (non-hydrogen) atoms. The Hall–Kier alpha value is -3.46. The number of carbonyl (C=O) groups excluding carboxylic acids is 2. The maximum absolute atomic E-state index is 13.7. The zero-order chi connectivity index (χ0) is 34.8. The van der Waals surface area contributed by atoms with Gasteiger partial charge in [-0.05, 0) is 92.2 Å². The molecule has 2 aliphatic carbocycles. The summed E-state index contributed by atoms with van der Waals surface area (Å²) in [6, 6.07) is 11.7. The molecule has 1 heterocycles. The molecule has 1 saturated heterocycles. The molecule has 10 nitrogen and oxygen atoms in total. The van der Waals surface area contributed by atoms with Gasteiger partial charge in [0.25, 0.3) is 0 Å². The molecule has 2 aromatic rings. The van der Waals surface area contributed by atoms with E-state index in [1.54, 1.807) is 24.3 Å². The number of hydrogen-bond donors (Lipinski definition) is 6. The Labute approximate surface area is 297 Å². The quantitative estimate of drug-likeness (QED) is 0.107. The molecule has 3 aliphatic rings. The first-order valence-corrected chi connectivity index (χ1v) is 18.0. The highest BCUT2D eigenvalue weighted by molar-refractivity contribution is 7.80. The van der Waals surface area contributed by atoms with Gasteiger partial charge in [0.15, 0.2) is 16.5 Å². The summed E-state index contributed by atoms with van der Waals surface area (Å²) in [6.45, 7) is 3.50. The first-order chi connectivity index (χ1) is 23.7. The number of benzene rings is 2. The second-order valence-electron chi connectivity index (χ2n) is 12.8. The summed E-state index contributed by atoms with van der Waals surface area (Å²) < 4.78 is 39.2. The molecular weight excluding hydrogens is 671 g/mol. The van der Waals surface area contributed by atoms with Crippen molar-refractivity contribution in [3.63, 3.8) is 0 Å². The second-order valence-corrected chi connectivity index (χ2v) is 13.6. The highest BCUT2D eigenvalue weighted by atomic mass is 32.1. The number of unbranched alkanes of at least 4 members (excludes halogenated alkanes) is 4. The summed E-state index contributed by atoms with van der Waals surface area (Å²) in [5.41, 5.74) is 1.29. The van der Waals surface area contributed by atoms with Crippen molar-refractivity contribution in [1.29, 1.82) is 0 Å². The van der Waals surface area contributed by atoms with Gasteiger partial charge in [0.1, 0.15) is 11.6 Å². The molecule has 3 fully saturated rings. The van der Waals surface area contributed by atoms with Crippen LogP contribution in [-0.4, -0.2) is 66.7 Å². The van der Waals surface area contributed by atoms with Crippen LogP contribution in [0, 0.1) is 35.3 Å². The Morgan fingerprint density at radius 1 is 0.673 bits per heavy atom. The SMILES string of the molecule is CCCCCCCC1OC2C3CC(C2O1)C(C(=O)NCCNC(=S)Nc1ccc(F)cc1)C3C(=O)NCCNC(=S)Nc1ccc(F)cc1. The Balaban J connectivity index is 1.13. The summed E-state index contributed by atoms with van der Waals surface area (Å²) in [4.78, 5) is 27.4. The van der Waals surface area contributed by atoms with Crippen LogP contribution < -0.4 is 31.9 Å². The van der Waals surface area contributed by atoms with Crippen LogP contribution in [0.5, 0.6) is 0 Å². The van der Waals surface area contributed by atoms with Crippen molar-refractivity contribution in [2.75, 3.05) is 36.8 Å². The number of hydrogen-bond acceptors (Lipinski definition) is 6. The number of ether oxygens (including phenoxy) is 2. The smallest absolute Gasteiger partial charge is 0.224 e. The van der Waals surface area contributed by atoms with Crippen molar-refractivity contribution in [2.24, 2.45) is 23.7 Å². The summed E-state index contributed by atoms with van der Waals surface area (Å²) in [5, 5.41) is 18.7. The lowest BCUT2D eigenvalue weighted by Gasteiger charge is -2.34. The molecule has 6 N–H and O–H groups in total. The number of anilines is 2. The van der Waals surface area contributed by atoms with Gasteiger partial charge in [0.2, 0.25) is 11.8 Å². The van der Waals surface area contributed by atoms with Crippen molar-refractivity contribution < 1.29 is 27.8 Å². The predicted molar refractivity (Wildman–Crippen MR) is 193 cm³/mol. The maximum Gasteiger partial charge on any atom is 0.224 e. The van der Waals surface area contributed by atoms with E-state index in [4.69, 9.17) is 33.9 Å². The van der Waals surface area contributed by atoms with Gasteiger partial charge in [-0.15, -0.1) is 0 Å². The van der Waals surface area contributed by atoms with Crippen molar-refractivity contribution in [1.82, 2.24) is 21.3 Å². The van der Waals surface area contributed by atoms with E-state index in [9.17, 15) is 18.4 Å². The Morgan fingerprint density at radius 2 is 1.10 bits per heavy atom.